The van der Waals surface area contributed by atoms with Crippen LogP contribution >= 0.6 is 11.8 Å². The lowest BCUT2D eigenvalue weighted by Crippen LogP contribution is -2.36. The Hall–Kier alpha value is -1.44. The summed E-state index contributed by atoms with van der Waals surface area (Å²) in [5, 5.41) is 8.63. The van der Waals surface area contributed by atoms with Crippen molar-refractivity contribution in [2.75, 3.05) is 25.2 Å². The minimum absolute atomic E-state index is 0.0640. The van der Waals surface area contributed by atoms with Gasteiger partial charge in [0.25, 0.3) is 5.91 Å². The number of amides is 1. The molecule has 1 aromatic rings. The van der Waals surface area contributed by atoms with Crippen molar-refractivity contribution in [2.24, 2.45) is 0 Å². The maximum atomic E-state index is 12.3. The third kappa shape index (κ3) is 3.52. The Morgan fingerprint density at radius 3 is 2.79 bits per heavy atom. The fourth-order valence-electron chi connectivity index (χ4n) is 2.03. The van der Waals surface area contributed by atoms with Crippen LogP contribution in [0, 0.1) is 11.8 Å². The van der Waals surface area contributed by atoms with Crippen LogP contribution < -0.4 is 0 Å². The van der Waals surface area contributed by atoms with Crippen molar-refractivity contribution in [3.63, 3.8) is 0 Å². The van der Waals surface area contributed by atoms with Crippen molar-refractivity contribution in [3.05, 3.63) is 35.4 Å². The molecule has 1 unspecified atom stereocenters. The second-order valence-electron chi connectivity index (χ2n) is 4.47. The Morgan fingerprint density at radius 1 is 1.47 bits per heavy atom. The molecule has 0 aliphatic carbocycles. The highest BCUT2D eigenvalue weighted by atomic mass is 32.2. The summed E-state index contributed by atoms with van der Waals surface area (Å²) in [6, 6.07) is 7.57. The van der Waals surface area contributed by atoms with Crippen LogP contribution in [0.5, 0.6) is 0 Å². The zero-order valence-electron chi connectivity index (χ0n) is 10.9. The van der Waals surface area contributed by atoms with E-state index in [2.05, 4.69) is 11.8 Å². The molecule has 1 fully saturated rings. The van der Waals surface area contributed by atoms with Crippen LogP contribution in [0.3, 0.4) is 0 Å². The highest BCUT2D eigenvalue weighted by Crippen LogP contribution is 2.22. The smallest absolute Gasteiger partial charge is 0.253 e. The van der Waals surface area contributed by atoms with E-state index in [0.717, 1.165) is 23.5 Å². The number of rotatable bonds is 2. The quantitative estimate of drug-likeness (QED) is 0.834. The first-order valence-corrected chi connectivity index (χ1v) is 7.42. The van der Waals surface area contributed by atoms with E-state index in [0.29, 0.717) is 11.6 Å². The summed E-state index contributed by atoms with van der Waals surface area (Å²) in [4.78, 5) is 14.1. The van der Waals surface area contributed by atoms with Crippen LogP contribution in [-0.4, -0.2) is 47.1 Å². The zero-order chi connectivity index (χ0) is 13.7. The predicted octanol–water partition coefficient (Wildman–Crippen LogP) is 1.61. The number of aliphatic hydroxyl groups excluding tert-OH is 1. The molecular formula is C15H17NO2S. The van der Waals surface area contributed by atoms with Crippen LogP contribution in [-0.2, 0) is 0 Å². The molecule has 4 heteroatoms. The summed E-state index contributed by atoms with van der Waals surface area (Å²) < 4.78 is 0. The van der Waals surface area contributed by atoms with Crippen LogP contribution in [0.4, 0.5) is 0 Å². The van der Waals surface area contributed by atoms with E-state index in [1.54, 1.807) is 12.1 Å². The number of benzene rings is 1. The summed E-state index contributed by atoms with van der Waals surface area (Å²) in [5.41, 5.74) is 1.50. The molecular weight excluding hydrogens is 258 g/mol. The van der Waals surface area contributed by atoms with Gasteiger partial charge in [-0.3, -0.25) is 4.79 Å². The van der Waals surface area contributed by atoms with Crippen LogP contribution in [0.15, 0.2) is 24.3 Å². The molecule has 1 saturated heterocycles. The standard InChI is InChI=1S/C15H17NO2S/c1-16(14-8-10-19-11-14)15(18)13-6-4-12(5-7-13)3-2-9-17/h4-7,14,17H,8-11H2,1H3. The van der Waals surface area contributed by atoms with Crippen LogP contribution in [0.25, 0.3) is 0 Å². The van der Waals surface area contributed by atoms with Crippen molar-refractivity contribution >= 4 is 17.7 Å². The molecule has 1 N–H and O–H groups in total. The number of aliphatic hydroxyl groups is 1. The molecule has 0 aromatic heterocycles. The molecule has 19 heavy (non-hydrogen) atoms. The molecule has 1 aromatic carbocycles. The van der Waals surface area contributed by atoms with E-state index < -0.39 is 0 Å². The molecule has 3 nitrogen and oxygen atoms in total. The molecule has 1 atom stereocenters. The number of carbonyl (C=O) groups excluding carboxylic acids is 1. The van der Waals surface area contributed by atoms with Gasteiger partial charge in [-0.1, -0.05) is 11.8 Å². The monoisotopic (exact) mass is 275 g/mol. The molecule has 1 aliphatic heterocycles. The Kier molecular flexibility index (Phi) is 4.89. The number of hydrogen-bond acceptors (Lipinski definition) is 3. The summed E-state index contributed by atoms with van der Waals surface area (Å²) in [6.45, 7) is -0.150. The molecule has 0 saturated carbocycles. The fourth-order valence-corrected chi connectivity index (χ4v) is 3.30. The first-order valence-electron chi connectivity index (χ1n) is 6.27. The van der Waals surface area contributed by atoms with Gasteiger partial charge in [0.2, 0.25) is 0 Å². The van der Waals surface area contributed by atoms with Gasteiger partial charge in [-0.2, -0.15) is 11.8 Å². The van der Waals surface area contributed by atoms with E-state index >= 15 is 0 Å². The lowest BCUT2D eigenvalue weighted by atomic mass is 10.1. The Labute approximate surface area is 118 Å². The van der Waals surface area contributed by atoms with E-state index in [1.807, 2.05) is 35.8 Å². The largest absolute Gasteiger partial charge is 0.384 e. The molecule has 0 spiro atoms. The first kappa shape index (κ1) is 14.0. The first-order chi connectivity index (χ1) is 9.22. The number of hydrogen-bond donors (Lipinski definition) is 1. The minimum Gasteiger partial charge on any atom is -0.384 e. The second kappa shape index (κ2) is 6.65. The SMILES string of the molecule is CN(C(=O)c1ccc(C#CCO)cc1)C1CCSC1. The third-order valence-corrected chi connectivity index (χ3v) is 4.36. The summed E-state index contributed by atoms with van der Waals surface area (Å²) in [7, 11) is 1.87. The van der Waals surface area contributed by atoms with Gasteiger partial charge in [0.05, 0.1) is 0 Å². The van der Waals surface area contributed by atoms with Crippen molar-refractivity contribution in [1.29, 1.82) is 0 Å². The number of nitrogens with zero attached hydrogens (tertiary/aromatic N) is 1. The average Bonchev–Trinajstić information content (AvgIpc) is 2.98. The van der Waals surface area contributed by atoms with E-state index in [1.165, 1.54) is 0 Å². The Balaban J connectivity index is 2.06. The minimum atomic E-state index is -0.150. The summed E-state index contributed by atoms with van der Waals surface area (Å²) in [6.07, 6.45) is 1.08. The third-order valence-electron chi connectivity index (χ3n) is 3.22. The van der Waals surface area contributed by atoms with Crippen molar-refractivity contribution in [2.45, 2.75) is 12.5 Å². The van der Waals surface area contributed by atoms with E-state index in [4.69, 9.17) is 5.11 Å². The predicted molar refractivity (Wildman–Crippen MR) is 78.2 cm³/mol. The Morgan fingerprint density at radius 2 is 2.21 bits per heavy atom. The topological polar surface area (TPSA) is 40.5 Å². The van der Waals surface area contributed by atoms with Crippen molar-refractivity contribution < 1.29 is 9.90 Å². The molecule has 1 amide bonds. The normalized spacial score (nSPS) is 17.7. The van der Waals surface area contributed by atoms with Gasteiger partial charge in [0.15, 0.2) is 0 Å². The van der Waals surface area contributed by atoms with Gasteiger partial charge in [0, 0.05) is 30.0 Å². The molecule has 2 rings (SSSR count). The second-order valence-corrected chi connectivity index (χ2v) is 5.62. The van der Waals surface area contributed by atoms with Gasteiger partial charge >= 0.3 is 0 Å². The maximum Gasteiger partial charge on any atom is 0.253 e. The zero-order valence-corrected chi connectivity index (χ0v) is 11.7. The molecule has 0 radical (unpaired) electrons. The fraction of sp³-hybridized carbons (Fsp3) is 0.400. The van der Waals surface area contributed by atoms with Crippen LogP contribution in [0.1, 0.15) is 22.3 Å². The average molecular weight is 275 g/mol. The Bertz CT molecular complexity index is 495. The number of thioether (sulfide) groups is 1. The maximum absolute atomic E-state index is 12.3. The van der Waals surface area contributed by atoms with E-state index in [9.17, 15) is 4.79 Å². The van der Waals surface area contributed by atoms with Crippen molar-refractivity contribution in [1.82, 2.24) is 4.90 Å². The summed E-state index contributed by atoms with van der Waals surface area (Å²) >= 11 is 1.90. The van der Waals surface area contributed by atoms with Gasteiger partial charge in [-0.05, 0) is 36.4 Å². The molecule has 1 aliphatic rings. The number of carbonyl (C=O) groups is 1. The van der Waals surface area contributed by atoms with Gasteiger partial charge in [-0.25, -0.2) is 0 Å². The highest BCUT2D eigenvalue weighted by molar-refractivity contribution is 7.99. The van der Waals surface area contributed by atoms with Gasteiger partial charge in [0.1, 0.15) is 6.61 Å². The molecule has 0 bridgehead atoms. The highest BCUT2D eigenvalue weighted by Gasteiger charge is 2.24. The lowest BCUT2D eigenvalue weighted by molar-refractivity contribution is 0.0748. The van der Waals surface area contributed by atoms with Gasteiger partial charge < -0.3 is 10.0 Å². The van der Waals surface area contributed by atoms with Crippen LogP contribution in [0.2, 0.25) is 0 Å². The lowest BCUT2D eigenvalue weighted by Gasteiger charge is -2.23. The molecule has 100 valence electrons. The molecule has 1 heterocycles. The summed E-state index contributed by atoms with van der Waals surface area (Å²) in [5.74, 6) is 7.64. The van der Waals surface area contributed by atoms with Crippen molar-refractivity contribution in [3.8, 4) is 11.8 Å². The van der Waals surface area contributed by atoms with E-state index in [-0.39, 0.29) is 12.5 Å². The van der Waals surface area contributed by atoms with Gasteiger partial charge in [-0.15, -0.1) is 0 Å².